The molecule has 0 aliphatic carbocycles. The van der Waals surface area contributed by atoms with Crippen LogP contribution in [0.3, 0.4) is 0 Å². The van der Waals surface area contributed by atoms with Crippen LogP contribution < -0.4 is 5.32 Å². The zero-order valence-electron chi connectivity index (χ0n) is 22.3. The van der Waals surface area contributed by atoms with Gasteiger partial charge in [0.15, 0.2) is 0 Å². The van der Waals surface area contributed by atoms with Crippen LogP contribution in [0.4, 0.5) is 5.69 Å². The first-order valence-corrected chi connectivity index (χ1v) is 12.4. The number of carbonyl (C=O) groups is 2. The van der Waals surface area contributed by atoms with Gasteiger partial charge in [0, 0.05) is 49.7 Å². The maximum Gasteiger partial charge on any atom is 0.336 e. The van der Waals surface area contributed by atoms with E-state index in [-0.39, 0.29) is 23.6 Å². The van der Waals surface area contributed by atoms with Gasteiger partial charge in [0.05, 0.1) is 29.2 Å². The first-order chi connectivity index (χ1) is 17.8. The lowest BCUT2D eigenvalue weighted by Crippen LogP contribution is -2.38. The molecule has 210 valence electrons. The number of hydrogen-bond donors (Lipinski definition) is 1. The maximum absolute atomic E-state index is 12.9. The highest BCUT2D eigenvalue weighted by Crippen LogP contribution is 2.40. The minimum atomic E-state index is -0.610. The van der Waals surface area contributed by atoms with Crippen molar-refractivity contribution in [3.8, 4) is 0 Å². The van der Waals surface area contributed by atoms with Gasteiger partial charge in [-0.05, 0) is 43.4 Å². The van der Waals surface area contributed by atoms with Crippen molar-refractivity contribution < 1.29 is 24.7 Å². The smallest absolute Gasteiger partial charge is 0.336 e. The summed E-state index contributed by atoms with van der Waals surface area (Å²) in [5.74, 6) is -1.13. The highest BCUT2D eigenvalue weighted by molar-refractivity contribution is 5.92. The predicted octanol–water partition coefficient (Wildman–Crippen LogP) is 3.46. The van der Waals surface area contributed by atoms with Crippen LogP contribution in [0.5, 0.6) is 0 Å². The quantitative estimate of drug-likeness (QED) is 0.215. The number of halogens is 1. The van der Waals surface area contributed by atoms with Gasteiger partial charge in [-0.15, -0.1) is 12.4 Å². The number of fused-ring (bicyclic) bond motifs is 1. The van der Waals surface area contributed by atoms with Crippen LogP contribution in [0.15, 0.2) is 71.2 Å². The number of carbonyl (C=O) groups excluding carboxylic acids is 2. The molecule has 0 fully saturated rings. The largest absolute Gasteiger partial charge is 0.466 e. The van der Waals surface area contributed by atoms with Gasteiger partial charge in [0.25, 0.3) is 5.69 Å². The number of ether oxygens (including phenoxy) is 1. The van der Waals surface area contributed by atoms with Gasteiger partial charge in [0.2, 0.25) is 6.41 Å². The van der Waals surface area contributed by atoms with E-state index in [9.17, 15) is 19.7 Å². The van der Waals surface area contributed by atoms with Crippen molar-refractivity contribution in [1.82, 2.24) is 15.1 Å². The lowest BCUT2D eigenvalue weighted by molar-refractivity contribution is -0.384. The van der Waals surface area contributed by atoms with E-state index in [0.29, 0.717) is 29.1 Å². The molecule has 3 N–H and O–H groups in total. The van der Waals surface area contributed by atoms with Crippen molar-refractivity contribution in [1.29, 1.82) is 0 Å². The summed E-state index contributed by atoms with van der Waals surface area (Å²) >= 11 is 0. The molecule has 0 saturated heterocycles. The Morgan fingerprint density at radius 2 is 1.82 bits per heavy atom. The Balaban J connectivity index is 0.00000267. The lowest BCUT2D eigenvalue weighted by atomic mass is 9.83. The Morgan fingerprint density at radius 3 is 2.44 bits per heavy atom. The fourth-order valence-electron chi connectivity index (χ4n) is 5.30. The van der Waals surface area contributed by atoms with Crippen LogP contribution in [0.2, 0.25) is 0 Å². The molecular formula is C28H35ClN4O6. The average Bonchev–Trinajstić information content (AvgIpc) is 2.90. The first-order valence-electron chi connectivity index (χ1n) is 12.4. The highest BCUT2D eigenvalue weighted by Gasteiger charge is 2.36. The minimum absolute atomic E-state index is 0. The molecule has 1 amide bonds. The monoisotopic (exact) mass is 558 g/mol. The van der Waals surface area contributed by atoms with E-state index < -0.39 is 16.8 Å². The predicted molar refractivity (Wildman–Crippen MR) is 150 cm³/mol. The third-order valence-electron chi connectivity index (χ3n) is 7.09. The van der Waals surface area contributed by atoms with Crippen LogP contribution in [0, 0.1) is 10.1 Å². The number of nitro benzene ring substituents is 1. The van der Waals surface area contributed by atoms with Gasteiger partial charge >= 0.3 is 5.97 Å². The molecule has 2 heterocycles. The fraction of sp³-hybridized carbons (Fsp3) is 0.357. The molecule has 0 aromatic heterocycles. The molecule has 11 heteroatoms. The Kier molecular flexibility index (Phi) is 11.2. The molecule has 0 saturated carbocycles. The number of non-ortho nitro benzene ring substituents is 1. The zero-order valence-corrected chi connectivity index (χ0v) is 23.1. The standard InChI is InChI=1S/C28H32N4O5.ClH.H2O/c1-19-25(28(34)37-3)26(22-9-11-24(12-10-22)32(35)36)27(20(2)29-19)31(18-33)15-6-14-30-16-13-21-7-4-5-8-23(21)17-30;;/h4-5,7-12,18,26,29H,6,13-17H2,1-3H3;1H;1H2. The van der Waals surface area contributed by atoms with Gasteiger partial charge in [0.1, 0.15) is 0 Å². The van der Waals surface area contributed by atoms with Crippen molar-refractivity contribution in [2.45, 2.75) is 39.2 Å². The Hall–Kier alpha value is -3.73. The van der Waals surface area contributed by atoms with E-state index >= 15 is 0 Å². The van der Waals surface area contributed by atoms with Gasteiger partial charge in [-0.25, -0.2) is 4.79 Å². The summed E-state index contributed by atoms with van der Waals surface area (Å²) in [6.07, 6.45) is 2.55. The van der Waals surface area contributed by atoms with Gasteiger partial charge in [-0.3, -0.25) is 19.8 Å². The van der Waals surface area contributed by atoms with Gasteiger partial charge in [-0.2, -0.15) is 0 Å². The van der Waals surface area contributed by atoms with Crippen molar-refractivity contribution in [3.63, 3.8) is 0 Å². The summed E-state index contributed by atoms with van der Waals surface area (Å²) in [4.78, 5) is 40.0. The molecule has 2 aliphatic rings. The molecular weight excluding hydrogens is 524 g/mol. The van der Waals surface area contributed by atoms with Crippen LogP contribution in [0.25, 0.3) is 0 Å². The SMILES string of the molecule is COC(=O)C1=C(C)NC(C)=C(N(C=O)CCCN2CCc3ccccc3C2)C1c1ccc([N+](=O)[O-])cc1.Cl.O. The Morgan fingerprint density at radius 1 is 1.15 bits per heavy atom. The third-order valence-corrected chi connectivity index (χ3v) is 7.09. The fourth-order valence-corrected chi connectivity index (χ4v) is 5.30. The number of rotatable bonds is 9. The van der Waals surface area contributed by atoms with Crippen LogP contribution in [-0.2, 0) is 27.3 Å². The number of amides is 1. The summed E-state index contributed by atoms with van der Waals surface area (Å²) in [5, 5.41) is 14.4. The van der Waals surface area contributed by atoms with Crippen molar-refractivity contribution in [2.75, 3.05) is 26.7 Å². The number of dihydropyridines is 1. The third kappa shape index (κ3) is 6.83. The van der Waals surface area contributed by atoms with Gasteiger partial charge < -0.3 is 20.4 Å². The van der Waals surface area contributed by atoms with Crippen molar-refractivity contribution in [2.24, 2.45) is 0 Å². The zero-order chi connectivity index (χ0) is 26.5. The topological polar surface area (TPSA) is 137 Å². The van der Waals surface area contributed by atoms with E-state index in [4.69, 9.17) is 4.74 Å². The number of allylic oxidation sites excluding steroid dienone is 3. The minimum Gasteiger partial charge on any atom is -0.466 e. The first kappa shape index (κ1) is 31.5. The van der Waals surface area contributed by atoms with E-state index in [1.807, 2.05) is 6.92 Å². The van der Waals surface area contributed by atoms with E-state index in [2.05, 4.69) is 34.5 Å². The number of hydrogen-bond acceptors (Lipinski definition) is 7. The summed E-state index contributed by atoms with van der Waals surface area (Å²) in [5.41, 5.74) is 5.73. The molecule has 1 atom stereocenters. The van der Waals surface area contributed by atoms with Crippen LogP contribution in [-0.4, -0.2) is 59.3 Å². The molecule has 0 bridgehead atoms. The molecule has 0 spiro atoms. The van der Waals surface area contributed by atoms with Crippen molar-refractivity contribution >= 4 is 30.5 Å². The van der Waals surface area contributed by atoms with Crippen LogP contribution in [0.1, 0.15) is 42.9 Å². The molecule has 4 rings (SSSR count). The lowest BCUT2D eigenvalue weighted by Gasteiger charge is -2.36. The van der Waals surface area contributed by atoms with E-state index in [1.54, 1.807) is 24.0 Å². The summed E-state index contributed by atoms with van der Waals surface area (Å²) in [6.45, 7) is 6.81. The summed E-state index contributed by atoms with van der Waals surface area (Å²) < 4.78 is 5.08. The number of methoxy groups -OCH3 is 1. The molecule has 0 radical (unpaired) electrons. The van der Waals surface area contributed by atoms with Gasteiger partial charge in [-0.1, -0.05) is 36.4 Å². The van der Waals surface area contributed by atoms with E-state index in [0.717, 1.165) is 44.6 Å². The maximum atomic E-state index is 12.9. The normalized spacial score (nSPS) is 16.7. The molecule has 2 aliphatic heterocycles. The number of benzene rings is 2. The number of nitrogens with zero attached hydrogens (tertiary/aromatic N) is 3. The second-order valence-corrected chi connectivity index (χ2v) is 9.39. The summed E-state index contributed by atoms with van der Waals surface area (Å²) in [7, 11) is 1.31. The highest BCUT2D eigenvalue weighted by atomic mass is 35.5. The number of esters is 1. The van der Waals surface area contributed by atoms with E-state index in [1.165, 1.54) is 30.4 Å². The molecule has 2 aromatic carbocycles. The molecule has 10 nitrogen and oxygen atoms in total. The Labute approximate surface area is 234 Å². The number of nitro groups is 1. The van der Waals surface area contributed by atoms with Crippen molar-refractivity contribution in [3.05, 3.63) is 98.0 Å². The second-order valence-electron chi connectivity index (χ2n) is 9.39. The molecule has 2 aromatic rings. The Bertz CT molecular complexity index is 1260. The molecule has 1 unspecified atom stereocenters. The average molecular weight is 559 g/mol. The second kappa shape index (κ2) is 13.9. The van der Waals surface area contributed by atoms with Crippen LogP contribution >= 0.6 is 12.4 Å². The number of nitrogens with one attached hydrogen (secondary N) is 1. The molecule has 39 heavy (non-hydrogen) atoms. The summed E-state index contributed by atoms with van der Waals surface area (Å²) in [6, 6.07) is 14.6.